The molecule has 0 amide bonds. The van der Waals surface area contributed by atoms with E-state index < -0.39 is 6.10 Å². The number of unbranched alkanes of at least 4 members (excludes halogenated alkanes) is 36. The van der Waals surface area contributed by atoms with Crippen LogP contribution in [-0.4, -0.2) is 37.2 Å². The van der Waals surface area contributed by atoms with E-state index in [4.69, 9.17) is 14.2 Å². The lowest BCUT2D eigenvalue weighted by Crippen LogP contribution is -2.30. The smallest absolute Gasteiger partial charge is 0.306 e. The van der Waals surface area contributed by atoms with Crippen molar-refractivity contribution < 1.29 is 28.6 Å². The maximum atomic E-state index is 12.9. The Morgan fingerprint density at radius 3 is 0.884 bits per heavy atom. The highest BCUT2D eigenvalue weighted by molar-refractivity contribution is 5.71. The Hall–Kier alpha value is -2.63. The number of ether oxygens (including phenoxy) is 3. The molecular weight excluding hydrogens is 853 g/mol. The fourth-order valence-electron chi connectivity index (χ4n) is 8.85. The van der Waals surface area contributed by atoms with Gasteiger partial charge in [0.05, 0.1) is 0 Å². The molecule has 0 saturated heterocycles. The minimum Gasteiger partial charge on any atom is -0.462 e. The van der Waals surface area contributed by atoms with Gasteiger partial charge in [0.15, 0.2) is 6.10 Å². The molecule has 69 heavy (non-hydrogen) atoms. The average molecular weight is 968 g/mol. The molecule has 0 aliphatic rings. The molecule has 0 saturated carbocycles. The molecule has 0 heterocycles. The van der Waals surface area contributed by atoms with Gasteiger partial charge in [0.1, 0.15) is 13.2 Å². The Morgan fingerprint density at radius 2 is 0.565 bits per heavy atom. The van der Waals surface area contributed by atoms with Gasteiger partial charge in [0, 0.05) is 19.3 Å². The van der Waals surface area contributed by atoms with Crippen LogP contribution in [-0.2, 0) is 28.6 Å². The van der Waals surface area contributed by atoms with E-state index in [1.54, 1.807) is 0 Å². The molecule has 0 aromatic rings. The second-order valence-electron chi connectivity index (χ2n) is 20.2. The van der Waals surface area contributed by atoms with Crippen molar-refractivity contribution in [3.05, 3.63) is 48.6 Å². The molecule has 1 atom stereocenters. The van der Waals surface area contributed by atoms with Crippen LogP contribution < -0.4 is 0 Å². The highest BCUT2D eigenvalue weighted by Gasteiger charge is 2.19. The zero-order valence-corrected chi connectivity index (χ0v) is 46.1. The van der Waals surface area contributed by atoms with Gasteiger partial charge in [-0.25, -0.2) is 0 Å². The van der Waals surface area contributed by atoms with E-state index in [9.17, 15) is 14.4 Å². The zero-order valence-electron chi connectivity index (χ0n) is 46.1. The summed E-state index contributed by atoms with van der Waals surface area (Å²) in [6, 6.07) is 0. The van der Waals surface area contributed by atoms with Crippen LogP contribution in [0.25, 0.3) is 0 Å². The van der Waals surface area contributed by atoms with Crippen molar-refractivity contribution in [1.29, 1.82) is 0 Å². The topological polar surface area (TPSA) is 78.9 Å². The Morgan fingerprint density at radius 1 is 0.304 bits per heavy atom. The number of hydrogen-bond donors (Lipinski definition) is 0. The summed E-state index contributed by atoms with van der Waals surface area (Å²) in [7, 11) is 0. The van der Waals surface area contributed by atoms with Crippen molar-refractivity contribution in [3.63, 3.8) is 0 Å². The van der Waals surface area contributed by atoms with Crippen LogP contribution in [0.3, 0.4) is 0 Å². The van der Waals surface area contributed by atoms with E-state index in [0.29, 0.717) is 19.3 Å². The molecule has 0 aromatic carbocycles. The fraction of sp³-hybridized carbons (Fsp3) is 0.825. The first kappa shape index (κ1) is 66.4. The van der Waals surface area contributed by atoms with E-state index in [1.807, 2.05) is 0 Å². The molecule has 402 valence electrons. The molecular formula is C63H114O6. The van der Waals surface area contributed by atoms with Crippen molar-refractivity contribution in [2.45, 2.75) is 322 Å². The van der Waals surface area contributed by atoms with Gasteiger partial charge < -0.3 is 14.2 Å². The largest absolute Gasteiger partial charge is 0.462 e. The predicted octanol–water partition coefficient (Wildman–Crippen LogP) is 20.2. The standard InChI is InChI=1S/C63H114O6/c1-4-7-10-13-16-19-22-25-27-29-31-33-34-36-38-41-44-47-50-53-56-62(65)68-59-60(58-67-61(64)55-52-49-46-43-40-24-21-18-15-12-9-6-3)69-63(66)57-54-51-48-45-42-39-37-35-32-30-28-26-23-20-17-14-11-8-5-2/h8,11,17,20,26,28,32,35,60H,4-7,9-10,12-16,18-19,21-25,27,29-31,33-34,36-59H2,1-3H3/b11-8-,20-17-,28-26-,35-32-. The van der Waals surface area contributed by atoms with Gasteiger partial charge in [-0.2, -0.15) is 0 Å². The minimum atomic E-state index is -0.777. The van der Waals surface area contributed by atoms with Gasteiger partial charge >= 0.3 is 17.9 Å². The van der Waals surface area contributed by atoms with Gasteiger partial charge in [-0.1, -0.05) is 288 Å². The lowest BCUT2D eigenvalue weighted by Gasteiger charge is -2.18. The molecule has 0 N–H and O–H groups in total. The summed E-state index contributed by atoms with van der Waals surface area (Å²) in [5.41, 5.74) is 0. The number of carbonyl (C=O) groups is 3. The molecule has 6 heteroatoms. The highest BCUT2D eigenvalue weighted by atomic mass is 16.6. The summed E-state index contributed by atoms with van der Waals surface area (Å²) in [5.74, 6) is -0.870. The summed E-state index contributed by atoms with van der Waals surface area (Å²) >= 11 is 0. The Labute approximate surface area is 428 Å². The van der Waals surface area contributed by atoms with Gasteiger partial charge in [-0.05, 0) is 57.8 Å². The average Bonchev–Trinajstić information content (AvgIpc) is 3.35. The molecule has 6 nitrogen and oxygen atoms in total. The number of esters is 3. The van der Waals surface area contributed by atoms with Gasteiger partial charge in [-0.15, -0.1) is 0 Å². The van der Waals surface area contributed by atoms with Crippen molar-refractivity contribution in [2.75, 3.05) is 13.2 Å². The maximum absolute atomic E-state index is 12.9. The third-order valence-electron chi connectivity index (χ3n) is 13.3. The van der Waals surface area contributed by atoms with E-state index in [-0.39, 0.29) is 31.1 Å². The number of allylic oxidation sites excluding steroid dienone is 8. The Balaban J connectivity index is 4.32. The second-order valence-corrected chi connectivity index (χ2v) is 20.2. The van der Waals surface area contributed by atoms with Crippen LogP contribution in [0.5, 0.6) is 0 Å². The number of rotatable bonds is 55. The fourth-order valence-corrected chi connectivity index (χ4v) is 8.85. The number of hydrogen-bond acceptors (Lipinski definition) is 6. The van der Waals surface area contributed by atoms with Crippen LogP contribution in [0.1, 0.15) is 316 Å². The second kappa shape index (κ2) is 57.9. The first-order chi connectivity index (χ1) is 34.0. The summed E-state index contributed by atoms with van der Waals surface area (Å²) in [5, 5.41) is 0. The zero-order chi connectivity index (χ0) is 50.0. The van der Waals surface area contributed by atoms with E-state index >= 15 is 0 Å². The molecule has 0 rings (SSSR count). The molecule has 0 fully saturated rings. The molecule has 0 aromatic heterocycles. The third kappa shape index (κ3) is 56.2. The summed E-state index contributed by atoms with van der Waals surface area (Å²) in [6.45, 7) is 6.56. The monoisotopic (exact) mass is 967 g/mol. The maximum Gasteiger partial charge on any atom is 0.306 e. The van der Waals surface area contributed by atoms with Crippen LogP contribution >= 0.6 is 0 Å². The van der Waals surface area contributed by atoms with E-state index in [0.717, 1.165) is 96.3 Å². The van der Waals surface area contributed by atoms with Gasteiger partial charge in [0.25, 0.3) is 0 Å². The SMILES string of the molecule is CC/C=C\C/C=C\C/C=C\C/C=C\CCCCCCCCC(=O)OC(COC(=O)CCCCCCCCCCCCCC)COC(=O)CCCCCCCCCCCCCCCCCCCCCC. The normalized spacial score (nSPS) is 12.3. The Kier molecular flexibility index (Phi) is 55.7. The van der Waals surface area contributed by atoms with E-state index in [1.165, 1.54) is 180 Å². The predicted molar refractivity (Wildman–Crippen MR) is 298 cm³/mol. The minimum absolute atomic E-state index is 0.0745. The van der Waals surface area contributed by atoms with Gasteiger partial charge in [0.2, 0.25) is 0 Å². The van der Waals surface area contributed by atoms with Crippen molar-refractivity contribution in [1.82, 2.24) is 0 Å². The van der Waals surface area contributed by atoms with Crippen molar-refractivity contribution >= 4 is 17.9 Å². The molecule has 1 unspecified atom stereocenters. The third-order valence-corrected chi connectivity index (χ3v) is 13.3. The van der Waals surface area contributed by atoms with Crippen LogP contribution in [0.4, 0.5) is 0 Å². The molecule has 0 radical (unpaired) electrons. The van der Waals surface area contributed by atoms with Crippen molar-refractivity contribution in [3.8, 4) is 0 Å². The molecule has 0 aliphatic heterocycles. The summed E-state index contributed by atoms with van der Waals surface area (Å²) < 4.78 is 16.9. The van der Waals surface area contributed by atoms with E-state index in [2.05, 4.69) is 69.4 Å². The molecule has 0 bridgehead atoms. The van der Waals surface area contributed by atoms with Crippen LogP contribution in [0.15, 0.2) is 48.6 Å². The van der Waals surface area contributed by atoms with Gasteiger partial charge in [-0.3, -0.25) is 14.4 Å². The quantitative estimate of drug-likeness (QED) is 0.0262. The lowest BCUT2D eigenvalue weighted by atomic mass is 10.0. The summed E-state index contributed by atoms with van der Waals surface area (Å²) in [4.78, 5) is 38.2. The van der Waals surface area contributed by atoms with Crippen LogP contribution in [0, 0.1) is 0 Å². The highest BCUT2D eigenvalue weighted by Crippen LogP contribution is 2.17. The van der Waals surface area contributed by atoms with Crippen molar-refractivity contribution in [2.24, 2.45) is 0 Å². The Bertz CT molecular complexity index is 1200. The lowest BCUT2D eigenvalue weighted by molar-refractivity contribution is -0.167. The van der Waals surface area contributed by atoms with Crippen LogP contribution in [0.2, 0.25) is 0 Å². The molecule has 0 spiro atoms. The first-order valence-electron chi connectivity index (χ1n) is 30.1. The first-order valence-corrected chi connectivity index (χ1v) is 30.1. The summed E-state index contributed by atoms with van der Waals surface area (Å²) in [6.07, 6.45) is 71.1. The molecule has 0 aliphatic carbocycles. The number of carbonyl (C=O) groups excluding carboxylic acids is 3.